The molecular weight excluding hydrogens is 341 g/mol. The molecule has 0 aliphatic carbocycles. The third-order valence-electron chi connectivity index (χ3n) is 2.38. The van der Waals surface area contributed by atoms with Gasteiger partial charge >= 0.3 is 5.97 Å². The Hall–Kier alpha value is -1.84. The molecule has 21 heavy (non-hydrogen) atoms. The number of rotatable bonds is 5. The van der Waals surface area contributed by atoms with Gasteiger partial charge in [0.2, 0.25) is 10.0 Å². The van der Waals surface area contributed by atoms with Crippen LogP contribution in [0.1, 0.15) is 10.4 Å². The zero-order chi connectivity index (χ0) is 16.2. The maximum absolute atomic E-state index is 12.3. The minimum atomic E-state index is -4.29. The van der Waals surface area contributed by atoms with E-state index in [-0.39, 0.29) is 5.02 Å². The summed E-state index contributed by atoms with van der Waals surface area (Å²) < 4.78 is 25.2. The van der Waals surface area contributed by atoms with Crippen molar-refractivity contribution in [2.24, 2.45) is 0 Å². The SMILES string of the molecule is N#CCN(CC#N)S(=O)(=O)c1ccc(Cl)c(C(=O)O)c1Cl. The first kappa shape index (κ1) is 17.2. The zero-order valence-corrected chi connectivity index (χ0v) is 12.6. The standard InChI is InChI=1S/C11H7Cl2N3O4S/c12-7-1-2-8(10(13)9(7)11(17)18)21(19,20)16(5-3-14)6-4-15/h1-2H,5-6H2,(H,17,18). The number of nitriles is 2. The van der Waals surface area contributed by atoms with Gasteiger partial charge in [0.25, 0.3) is 0 Å². The number of aromatic carboxylic acids is 1. The number of carbonyl (C=O) groups is 1. The summed E-state index contributed by atoms with van der Waals surface area (Å²) in [4.78, 5) is 10.5. The van der Waals surface area contributed by atoms with Crippen LogP contribution in [0.15, 0.2) is 17.0 Å². The van der Waals surface area contributed by atoms with E-state index in [0.717, 1.165) is 12.1 Å². The summed E-state index contributed by atoms with van der Waals surface area (Å²) in [5.74, 6) is -1.49. The quantitative estimate of drug-likeness (QED) is 0.809. The van der Waals surface area contributed by atoms with Crippen molar-refractivity contribution in [3.8, 4) is 12.1 Å². The van der Waals surface area contributed by atoms with E-state index in [4.69, 9.17) is 38.8 Å². The van der Waals surface area contributed by atoms with Crippen LogP contribution in [0.5, 0.6) is 0 Å². The highest BCUT2D eigenvalue weighted by molar-refractivity contribution is 7.89. The molecule has 0 heterocycles. The first-order valence-corrected chi connectivity index (χ1v) is 7.42. The number of carboxylic acid groups (broad SMARTS) is 1. The first-order valence-electron chi connectivity index (χ1n) is 5.22. The van der Waals surface area contributed by atoms with Gasteiger partial charge < -0.3 is 5.11 Å². The zero-order valence-electron chi connectivity index (χ0n) is 10.2. The molecule has 0 amide bonds. The molecule has 0 fully saturated rings. The second-order valence-electron chi connectivity index (χ2n) is 3.63. The Morgan fingerprint density at radius 2 is 1.76 bits per heavy atom. The summed E-state index contributed by atoms with van der Waals surface area (Å²) in [5.41, 5.74) is -0.562. The van der Waals surface area contributed by atoms with E-state index in [9.17, 15) is 13.2 Å². The molecule has 0 saturated heterocycles. The van der Waals surface area contributed by atoms with E-state index < -0.39 is 44.6 Å². The fourth-order valence-electron chi connectivity index (χ4n) is 1.45. The van der Waals surface area contributed by atoms with Gasteiger partial charge in [0, 0.05) is 0 Å². The maximum atomic E-state index is 12.3. The number of carboxylic acids is 1. The van der Waals surface area contributed by atoms with Crippen LogP contribution in [0.25, 0.3) is 0 Å². The van der Waals surface area contributed by atoms with Crippen molar-refractivity contribution in [1.82, 2.24) is 4.31 Å². The predicted molar refractivity (Wildman–Crippen MR) is 73.4 cm³/mol. The van der Waals surface area contributed by atoms with Gasteiger partial charge in [0.1, 0.15) is 18.0 Å². The number of benzene rings is 1. The molecule has 10 heteroatoms. The number of nitrogens with zero attached hydrogens (tertiary/aromatic N) is 3. The van der Waals surface area contributed by atoms with Crippen LogP contribution >= 0.6 is 23.2 Å². The van der Waals surface area contributed by atoms with Gasteiger partial charge in [-0.05, 0) is 12.1 Å². The van der Waals surface area contributed by atoms with E-state index in [1.165, 1.54) is 0 Å². The van der Waals surface area contributed by atoms with Crippen LogP contribution in [0.3, 0.4) is 0 Å². The van der Waals surface area contributed by atoms with Crippen LogP contribution in [0.4, 0.5) is 0 Å². The second kappa shape index (κ2) is 6.74. The summed E-state index contributed by atoms with van der Waals surface area (Å²) in [7, 11) is -4.29. The van der Waals surface area contributed by atoms with Crippen LogP contribution in [0, 0.1) is 22.7 Å². The Bertz CT molecular complexity index is 749. The van der Waals surface area contributed by atoms with Crippen molar-refractivity contribution in [3.05, 3.63) is 27.7 Å². The van der Waals surface area contributed by atoms with Crippen molar-refractivity contribution < 1.29 is 18.3 Å². The molecular formula is C11H7Cl2N3O4S. The average Bonchev–Trinajstić information content (AvgIpc) is 2.37. The molecule has 7 nitrogen and oxygen atoms in total. The topological polar surface area (TPSA) is 122 Å². The molecule has 0 aromatic heterocycles. The molecule has 0 aliphatic rings. The van der Waals surface area contributed by atoms with Crippen LogP contribution in [-0.2, 0) is 10.0 Å². The minimum absolute atomic E-state index is 0.224. The summed E-state index contributed by atoms with van der Waals surface area (Å²) >= 11 is 11.5. The molecule has 110 valence electrons. The highest BCUT2D eigenvalue weighted by atomic mass is 35.5. The number of halogens is 2. The number of hydrogen-bond acceptors (Lipinski definition) is 5. The fraction of sp³-hybridized carbons (Fsp3) is 0.182. The van der Waals surface area contributed by atoms with Gasteiger partial charge in [-0.1, -0.05) is 23.2 Å². The molecule has 0 bridgehead atoms. The smallest absolute Gasteiger partial charge is 0.338 e. The van der Waals surface area contributed by atoms with Crippen LogP contribution in [0.2, 0.25) is 10.0 Å². The Morgan fingerprint density at radius 1 is 1.24 bits per heavy atom. The Kier molecular flexibility index (Phi) is 5.53. The molecule has 1 aromatic carbocycles. The third-order valence-corrected chi connectivity index (χ3v) is 5.04. The summed E-state index contributed by atoms with van der Waals surface area (Å²) in [6, 6.07) is 5.31. The van der Waals surface area contributed by atoms with Gasteiger partial charge in [0.15, 0.2) is 0 Å². The van der Waals surface area contributed by atoms with E-state index in [2.05, 4.69) is 0 Å². The van der Waals surface area contributed by atoms with Crippen molar-refractivity contribution >= 4 is 39.2 Å². The third kappa shape index (κ3) is 3.43. The largest absolute Gasteiger partial charge is 0.478 e. The number of sulfonamides is 1. The molecule has 0 atom stereocenters. The van der Waals surface area contributed by atoms with E-state index in [1.54, 1.807) is 12.1 Å². The van der Waals surface area contributed by atoms with Crippen molar-refractivity contribution in [2.45, 2.75) is 4.90 Å². The fourth-order valence-corrected chi connectivity index (χ4v) is 3.58. The molecule has 1 N–H and O–H groups in total. The van der Waals surface area contributed by atoms with Gasteiger partial charge in [-0.2, -0.15) is 14.8 Å². The molecule has 0 aliphatic heterocycles. The van der Waals surface area contributed by atoms with Gasteiger partial charge in [0.05, 0.1) is 27.7 Å². The highest BCUT2D eigenvalue weighted by Gasteiger charge is 2.30. The normalized spacial score (nSPS) is 10.9. The maximum Gasteiger partial charge on any atom is 0.338 e. The molecule has 0 spiro atoms. The lowest BCUT2D eigenvalue weighted by Gasteiger charge is -2.17. The lowest BCUT2D eigenvalue weighted by Crippen LogP contribution is -2.32. The second-order valence-corrected chi connectivity index (χ2v) is 6.32. The van der Waals surface area contributed by atoms with E-state index >= 15 is 0 Å². The Balaban J connectivity index is 3.53. The molecule has 1 rings (SSSR count). The Labute approximate surface area is 130 Å². The van der Waals surface area contributed by atoms with Crippen molar-refractivity contribution in [3.63, 3.8) is 0 Å². The lowest BCUT2D eigenvalue weighted by atomic mass is 10.2. The molecule has 0 saturated carbocycles. The number of hydrogen-bond donors (Lipinski definition) is 1. The van der Waals surface area contributed by atoms with Gasteiger partial charge in [-0.15, -0.1) is 0 Å². The summed E-state index contributed by atoms with van der Waals surface area (Å²) in [6.45, 7) is -1.14. The average molecular weight is 348 g/mol. The van der Waals surface area contributed by atoms with Gasteiger partial charge in [-0.25, -0.2) is 13.2 Å². The first-order chi connectivity index (χ1) is 9.77. The van der Waals surface area contributed by atoms with E-state index in [1.807, 2.05) is 0 Å². The molecule has 0 unspecified atom stereocenters. The predicted octanol–water partition coefficient (Wildman–Crippen LogP) is 1.73. The molecule has 0 radical (unpaired) electrons. The van der Waals surface area contributed by atoms with Crippen LogP contribution in [-0.4, -0.2) is 36.9 Å². The highest BCUT2D eigenvalue weighted by Crippen LogP contribution is 2.32. The van der Waals surface area contributed by atoms with E-state index in [0.29, 0.717) is 4.31 Å². The minimum Gasteiger partial charge on any atom is -0.478 e. The Morgan fingerprint density at radius 3 is 2.19 bits per heavy atom. The summed E-state index contributed by atoms with van der Waals surface area (Å²) in [6.07, 6.45) is 0. The van der Waals surface area contributed by atoms with Gasteiger partial charge in [-0.3, -0.25) is 0 Å². The van der Waals surface area contributed by atoms with Crippen LogP contribution < -0.4 is 0 Å². The van der Waals surface area contributed by atoms with Crippen molar-refractivity contribution in [1.29, 1.82) is 10.5 Å². The summed E-state index contributed by atoms with van der Waals surface area (Å²) in [5, 5.41) is 25.4. The molecule has 1 aromatic rings. The lowest BCUT2D eigenvalue weighted by molar-refractivity contribution is 0.0697. The monoisotopic (exact) mass is 347 g/mol. The van der Waals surface area contributed by atoms with Crippen molar-refractivity contribution in [2.75, 3.05) is 13.1 Å².